The van der Waals surface area contributed by atoms with Crippen LogP contribution in [0.15, 0.2) is 24.3 Å². The van der Waals surface area contributed by atoms with Crippen molar-refractivity contribution in [2.75, 3.05) is 19.8 Å². The van der Waals surface area contributed by atoms with Gasteiger partial charge in [0.25, 0.3) is 0 Å². The Hall–Kier alpha value is -0.860. The maximum absolute atomic E-state index is 5.84. The maximum Gasteiger partial charge on any atom is 0.0661 e. The van der Waals surface area contributed by atoms with Crippen molar-refractivity contribution in [2.45, 2.75) is 59.4 Å². The third kappa shape index (κ3) is 7.63. The Kier molecular flexibility index (Phi) is 9.36. The van der Waals surface area contributed by atoms with Gasteiger partial charge in [0.1, 0.15) is 0 Å². The summed E-state index contributed by atoms with van der Waals surface area (Å²) in [6.07, 6.45) is 4.83. The highest BCUT2D eigenvalue weighted by molar-refractivity contribution is 5.25. The van der Waals surface area contributed by atoms with Gasteiger partial charge in [-0.25, -0.2) is 0 Å². The molecule has 0 aromatic heterocycles. The Bertz CT molecular complexity index is 358. The zero-order valence-electron chi connectivity index (χ0n) is 14.3. The first kappa shape index (κ1) is 18.2. The summed E-state index contributed by atoms with van der Waals surface area (Å²) in [6, 6.07) is 9.33. The number of unbranched alkanes of at least 4 members (excludes halogenated alkanes) is 2. The fraction of sp³-hybridized carbons (Fsp3) is 0.684. The van der Waals surface area contributed by atoms with Crippen molar-refractivity contribution in [3.8, 4) is 0 Å². The summed E-state index contributed by atoms with van der Waals surface area (Å²) in [4.78, 5) is 0. The van der Waals surface area contributed by atoms with E-state index < -0.39 is 0 Å². The maximum atomic E-state index is 5.84. The second-order valence-corrected chi connectivity index (χ2v) is 6.23. The van der Waals surface area contributed by atoms with Gasteiger partial charge in [0, 0.05) is 6.61 Å². The molecule has 21 heavy (non-hydrogen) atoms. The lowest BCUT2D eigenvalue weighted by atomic mass is 9.99. The van der Waals surface area contributed by atoms with Crippen LogP contribution in [0.3, 0.4) is 0 Å². The highest BCUT2D eigenvalue weighted by Crippen LogP contribution is 2.16. The number of benzene rings is 1. The number of likely N-dealkylation sites (N-methyl/N-ethyl adjacent to an activating group) is 1. The second kappa shape index (κ2) is 10.8. The minimum absolute atomic E-state index is 0.310. The molecule has 1 unspecified atom stereocenters. The smallest absolute Gasteiger partial charge is 0.0661 e. The van der Waals surface area contributed by atoms with Crippen LogP contribution in [0.4, 0.5) is 0 Å². The molecule has 1 N–H and O–H groups in total. The molecule has 0 spiro atoms. The molecule has 0 saturated carbocycles. The van der Waals surface area contributed by atoms with Gasteiger partial charge in [0.15, 0.2) is 0 Å². The molecule has 2 nitrogen and oxygen atoms in total. The normalized spacial score (nSPS) is 12.8. The largest absolute Gasteiger partial charge is 0.379 e. The van der Waals surface area contributed by atoms with Gasteiger partial charge < -0.3 is 10.1 Å². The van der Waals surface area contributed by atoms with Crippen molar-refractivity contribution >= 4 is 0 Å². The van der Waals surface area contributed by atoms with E-state index in [0.717, 1.165) is 26.2 Å². The molecule has 0 saturated heterocycles. The van der Waals surface area contributed by atoms with Crippen molar-refractivity contribution in [1.82, 2.24) is 5.32 Å². The Balaban J connectivity index is 2.50. The van der Waals surface area contributed by atoms with Crippen LogP contribution < -0.4 is 5.32 Å². The molecule has 1 aromatic rings. The van der Waals surface area contributed by atoms with Gasteiger partial charge in [0.2, 0.25) is 0 Å². The Morgan fingerprint density at radius 1 is 1.05 bits per heavy atom. The van der Waals surface area contributed by atoms with Crippen molar-refractivity contribution in [3.63, 3.8) is 0 Å². The SMILES string of the molecule is CCCCCOCC(NCC)c1ccc(CC(C)C)cc1. The van der Waals surface area contributed by atoms with Gasteiger partial charge in [-0.2, -0.15) is 0 Å². The average molecular weight is 291 g/mol. The van der Waals surface area contributed by atoms with E-state index in [4.69, 9.17) is 4.74 Å². The molecule has 1 aromatic carbocycles. The highest BCUT2D eigenvalue weighted by atomic mass is 16.5. The van der Waals surface area contributed by atoms with Crippen LogP contribution in [0, 0.1) is 5.92 Å². The van der Waals surface area contributed by atoms with Crippen molar-refractivity contribution in [3.05, 3.63) is 35.4 Å². The molecular weight excluding hydrogens is 258 g/mol. The van der Waals surface area contributed by atoms with E-state index >= 15 is 0 Å². The number of hydrogen-bond donors (Lipinski definition) is 1. The number of hydrogen-bond acceptors (Lipinski definition) is 2. The molecule has 0 bridgehead atoms. The van der Waals surface area contributed by atoms with E-state index in [1.54, 1.807) is 0 Å². The van der Waals surface area contributed by atoms with Crippen molar-refractivity contribution in [2.24, 2.45) is 5.92 Å². The lowest BCUT2D eigenvalue weighted by Gasteiger charge is -2.19. The molecular formula is C19H33NO. The summed E-state index contributed by atoms with van der Waals surface area (Å²) in [7, 11) is 0. The fourth-order valence-electron chi connectivity index (χ4n) is 2.53. The first-order valence-corrected chi connectivity index (χ1v) is 8.57. The third-order valence-corrected chi connectivity index (χ3v) is 3.65. The van der Waals surface area contributed by atoms with E-state index in [0.29, 0.717) is 12.0 Å². The predicted molar refractivity (Wildman–Crippen MR) is 91.7 cm³/mol. The first-order valence-electron chi connectivity index (χ1n) is 8.57. The van der Waals surface area contributed by atoms with E-state index in [9.17, 15) is 0 Å². The summed E-state index contributed by atoms with van der Waals surface area (Å²) < 4.78 is 5.84. The van der Waals surface area contributed by atoms with Crippen LogP contribution in [0.5, 0.6) is 0 Å². The van der Waals surface area contributed by atoms with E-state index in [1.807, 2.05) is 0 Å². The topological polar surface area (TPSA) is 21.3 Å². The van der Waals surface area contributed by atoms with Gasteiger partial charge >= 0.3 is 0 Å². The van der Waals surface area contributed by atoms with Gasteiger partial charge in [-0.05, 0) is 36.4 Å². The standard InChI is InChI=1S/C19H33NO/c1-5-7-8-13-21-15-19(20-6-2)18-11-9-17(10-12-18)14-16(3)4/h9-12,16,19-20H,5-8,13-15H2,1-4H3. The fourth-order valence-corrected chi connectivity index (χ4v) is 2.53. The highest BCUT2D eigenvalue weighted by Gasteiger charge is 2.10. The van der Waals surface area contributed by atoms with Crippen LogP contribution in [0.25, 0.3) is 0 Å². The van der Waals surface area contributed by atoms with Crippen LogP contribution in [0.1, 0.15) is 64.1 Å². The zero-order chi connectivity index (χ0) is 15.5. The third-order valence-electron chi connectivity index (χ3n) is 3.65. The van der Waals surface area contributed by atoms with Gasteiger partial charge in [-0.3, -0.25) is 0 Å². The van der Waals surface area contributed by atoms with Gasteiger partial charge in [-0.1, -0.05) is 64.8 Å². The molecule has 0 fully saturated rings. The minimum atomic E-state index is 0.310. The Labute approximate surface area is 131 Å². The summed E-state index contributed by atoms with van der Waals surface area (Å²) in [5.74, 6) is 0.710. The lowest BCUT2D eigenvalue weighted by Crippen LogP contribution is -2.25. The van der Waals surface area contributed by atoms with Crippen LogP contribution >= 0.6 is 0 Å². The molecule has 120 valence electrons. The molecule has 1 atom stereocenters. The first-order chi connectivity index (χ1) is 10.2. The summed E-state index contributed by atoms with van der Waals surface area (Å²) in [5, 5.41) is 3.53. The predicted octanol–water partition coefficient (Wildman–Crippen LogP) is 4.74. The van der Waals surface area contributed by atoms with Crippen LogP contribution in [0.2, 0.25) is 0 Å². The van der Waals surface area contributed by atoms with Crippen molar-refractivity contribution < 1.29 is 4.74 Å². The van der Waals surface area contributed by atoms with Crippen LogP contribution in [-0.2, 0) is 11.2 Å². The number of nitrogens with one attached hydrogen (secondary N) is 1. The monoisotopic (exact) mass is 291 g/mol. The molecule has 0 radical (unpaired) electrons. The zero-order valence-corrected chi connectivity index (χ0v) is 14.3. The number of rotatable bonds is 11. The summed E-state index contributed by atoms with van der Waals surface area (Å²) in [5.41, 5.74) is 2.76. The molecule has 0 heterocycles. The van der Waals surface area contributed by atoms with Crippen LogP contribution in [-0.4, -0.2) is 19.8 Å². The summed E-state index contributed by atoms with van der Waals surface area (Å²) >= 11 is 0. The molecule has 2 heteroatoms. The molecule has 0 aliphatic carbocycles. The molecule has 0 aliphatic heterocycles. The lowest BCUT2D eigenvalue weighted by molar-refractivity contribution is 0.108. The number of ether oxygens (including phenoxy) is 1. The Morgan fingerprint density at radius 3 is 2.33 bits per heavy atom. The van der Waals surface area contributed by atoms with E-state index in [1.165, 1.54) is 30.4 Å². The second-order valence-electron chi connectivity index (χ2n) is 6.23. The molecule has 1 rings (SSSR count). The average Bonchev–Trinajstić information content (AvgIpc) is 2.46. The van der Waals surface area contributed by atoms with Gasteiger partial charge in [-0.15, -0.1) is 0 Å². The molecule has 0 aliphatic rings. The Morgan fingerprint density at radius 2 is 1.76 bits per heavy atom. The van der Waals surface area contributed by atoms with E-state index in [2.05, 4.69) is 57.3 Å². The summed E-state index contributed by atoms with van der Waals surface area (Å²) in [6.45, 7) is 11.5. The quantitative estimate of drug-likeness (QED) is 0.594. The minimum Gasteiger partial charge on any atom is -0.379 e. The van der Waals surface area contributed by atoms with Gasteiger partial charge in [0.05, 0.1) is 12.6 Å². The van der Waals surface area contributed by atoms with Crippen molar-refractivity contribution in [1.29, 1.82) is 0 Å². The van der Waals surface area contributed by atoms with E-state index in [-0.39, 0.29) is 0 Å². The molecule has 0 amide bonds.